The Balaban J connectivity index is 2.15. The number of aromatic nitrogens is 2. The summed E-state index contributed by atoms with van der Waals surface area (Å²) in [7, 11) is 0. The van der Waals surface area contributed by atoms with E-state index in [4.69, 9.17) is 5.73 Å². The Kier molecular flexibility index (Phi) is 4.39. The molecule has 20 heavy (non-hydrogen) atoms. The lowest BCUT2D eigenvalue weighted by molar-refractivity contribution is -0.153. The molecular weight excluding hydrogens is 260 g/mol. The van der Waals surface area contributed by atoms with E-state index in [0.717, 1.165) is 17.8 Å². The molecule has 7 heteroatoms. The van der Waals surface area contributed by atoms with Crippen molar-refractivity contribution in [1.82, 2.24) is 14.9 Å². The molecule has 0 saturated carbocycles. The van der Waals surface area contributed by atoms with Crippen molar-refractivity contribution in [2.45, 2.75) is 38.8 Å². The second-order valence-electron chi connectivity index (χ2n) is 5.18. The number of aromatic amines is 1. The van der Waals surface area contributed by atoms with Gasteiger partial charge in [-0.25, -0.2) is 9.78 Å². The first kappa shape index (κ1) is 14.5. The summed E-state index contributed by atoms with van der Waals surface area (Å²) in [6, 6.07) is -0.835. The minimum Gasteiger partial charge on any atom is -0.480 e. The molecule has 2 heterocycles. The van der Waals surface area contributed by atoms with Gasteiger partial charge in [-0.2, -0.15) is 0 Å². The van der Waals surface area contributed by atoms with Crippen LogP contribution in [0.25, 0.3) is 0 Å². The van der Waals surface area contributed by atoms with Gasteiger partial charge in [-0.15, -0.1) is 0 Å². The van der Waals surface area contributed by atoms with Crippen LogP contribution in [0, 0.1) is 5.92 Å². The number of H-pyrrole nitrogens is 1. The van der Waals surface area contributed by atoms with E-state index in [2.05, 4.69) is 9.97 Å². The molecule has 2 rings (SSSR count). The molecule has 0 radical (unpaired) electrons. The molecule has 0 spiro atoms. The molecule has 2 unspecified atom stereocenters. The van der Waals surface area contributed by atoms with Gasteiger partial charge in [0.1, 0.15) is 6.04 Å². The molecule has 0 aromatic carbocycles. The van der Waals surface area contributed by atoms with E-state index in [1.54, 1.807) is 0 Å². The molecule has 1 aromatic rings. The molecular formula is C13H20N4O3. The summed E-state index contributed by atoms with van der Waals surface area (Å²) in [6.07, 6.45) is 3.22. The number of carboxylic acids is 1. The fourth-order valence-electron chi connectivity index (χ4n) is 2.52. The number of rotatable bonds is 5. The van der Waals surface area contributed by atoms with Crippen LogP contribution in [0.1, 0.15) is 31.2 Å². The summed E-state index contributed by atoms with van der Waals surface area (Å²) in [5.41, 5.74) is 7.00. The minimum atomic E-state index is -0.988. The van der Waals surface area contributed by atoms with Gasteiger partial charge in [-0.05, 0) is 19.4 Å². The van der Waals surface area contributed by atoms with Gasteiger partial charge in [-0.3, -0.25) is 4.79 Å². The summed E-state index contributed by atoms with van der Waals surface area (Å²) in [5, 5.41) is 9.33. The summed E-state index contributed by atoms with van der Waals surface area (Å²) >= 11 is 0. The van der Waals surface area contributed by atoms with Gasteiger partial charge in [0, 0.05) is 12.3 Å². The highest BCUT2D eigenvalue weighted by Gasteiger charge is 2.37. The number of hydrogen-bond donors (Lipinski definition) is 3. The van der Waals surface area contributed by atoms with E-state index in [9.17, 15) is 14.7 Å². The van der Waals surface area contributed by atoms with Gasteiger partial charge in [0.2, 0.25) is 5.91 Å². The van der Waals surface area contributed by atoms with E-state index < -0.39 is 12.0 Å². The lowest BCUT2D eigenvalue weighted by Crippen LogP contribution is -2.50. The molecule has 0 saturated heterocycles. The van der Waals surface area contributed by atoms with Crippen LogP contribution in [0.4, 0.5) is 0 Å². The molecule has 1 aliphatic heterocycles. The van der Waals surface area contributed by atoms with E-state index in [0.29, 0.717) is 13.0 Å². The van der Waals surface area contributed by atoms with E-state index in [1.165, 1.54) is 11.2 Å². The number of imidazole rings is 1. The first-order valence-corrected chi connectivity index (χ1v) is 6.79. The van der Waals surface area contributed by atoms with Gasteiger partial charge in [0.15, 0.2) is 0 Å². The molecule has 0 bridgehead atoms. The number of nitrogens with two attached hydrogens (primary N) is 1. The van der Waals surface area contributed by atoms with Crippen molar-refractivity contribution in [2.24, 2.45) is 11.7 Å². The van der Waals surface area contributed by atoms with Crippen molar-refractivity contribution in [3.63, 3.8) is 0 Å². The largest absolute Gasteiger partial charge is 0.480 e. The normalized spacial score (nSPS) is 19.5. The molecule has 0 aliphatic carbocycles. The fourth-order valence-corrected chi connectivity index (χ4v) is 2.52. The lowest BCUT2D eigenvalue weighted by Gasteiger charge is -2.34. The third-order valence-corrected chi connectivity index (χ3v) is 3.73. The van der Waals surface area contributed by atoms with Gasteiger partial charge < -0.3 is 20.7 Å². The standard InChI is InChI=1S/C13H20N4O3/c1-8(3-2-4-14)12(18)17-6-10-9(15-7-16-10)5-11(17)13(19)20/h7-8,11H,2-6,14H2,1H3,(H,15,16)(H,19,20). The van der Waals surface area contributed by atoms with Crippen LogP contribution < -0.4 is 5.73 Å². The van der Waals surface area contributed by atoms with E-state index in [1.807, 2.05) is 6.92 Å². The molecule has 110 valence electrons. The van der Waals surface area contributed by atoms with Crippen molar-refractivity contribution < 1.29 is 14.7 Å². The topological polar surface area (TPSA) is 112 Å². The van der Waals surface area contributed by atoms with Crippen molar-refractivity contribution in [2.75, 3.05) is 6.54 Å². The van der Waals surface area contributed by atoms with Crippen molar-refractivity contribution >= 4 is 11.9 Å². The van der Waals surface area contributed by atoms with Crippen molar-refractivity contribution in [3.05, 3.63) is 17.7 Å². The predicted molar refractivity (Wildman–Crippen MR) is 71.7 cm³/mol. The molecule has 4 N–H and O–H groups in total. The molecule has 7 nitrogen and oxygen atoms in total. The Bertz CT molecular complexity index is 500. The van der Waals surface area contributed by atoms with Crippen LogP contribution in [0.15, 0.2) is 6.33 Å². The average Bonchev–Trinajstić information content (AvgIpc) is 2.89. The van der Waals surface area contributed by atoms with E-state index >= 15 is 0 Å². The van der Waals surface area contributed by atoms with Crippen molar-refractivity contribution in [3.8, 4) is 0 Å². The van der Waals surface area contributed by atoms with Gasteiger partial charge in [0.05, 0.1) is 24.3 Å². The van der Waals surface area contributed by atoms with Gasteiger partial charge >= 0.3 is 5.97 Å². The Hall–Kier alpha value is -1.89. The minimum absolute atomic E-state index is 0.133. The van der Waals surface area contributed by atoms with Gasteiger partial charge in [0.25, 0.3) is 0 Å². The number of carboxylic acid groups (broad SMARTS) is 1. The summed E-state index contributed by atoms with van der Waals surface area (Å²) in [5.74, 6) is -1.34. The number of carbonyl (C=O) groups excluding carboxylic acids is 1. The Morgan fingerprint density at radius 2 is 2.40 bits per heavy atom. The first-order chi connectivity index (χ1) is 9.54. The van der Waals surface area contributed by atoms with Crippen LogP contribution >= 0.6 is 0 Å². The summed E-state index contributed by atoms with van der Waals surface area (Å²) in [6.45, 7) is 2.63. The third kappa shape index (κ3) is 2.82. The highest BCUT2D eigenvalue weighted by molar-refractivity contribution is 5.85. The number of amides is 1. The lowest BCUT2D eigenvalue weighted by atomic mass is 9.98. The number of carbonyl (C=O) groups is 2. The van der Waals surface area contributed by atoms with Crippen LogP contribution in [-0.4, -0.2) is 44.4 Å². The fraction of sp³-hybridized carbons (Fsp3) is 0.615. The number of nitrogens with zero attached hydrogens (tertiary/aromatic N) is 2. The molecule has 1 aliphatic rings. The van der Waals surface area contributed by atoms with Crippen molar-refractivity contribution in [1.29, 1.82) is 0 Å². The maximum Gasteiger partial charge on any atom is 0.326 e. The zero-order valence-corrected chi connectivity index (χ0v) is 11.5. The molecule has 2 atom stereocenters. The van der Waals surface area contributed by atoms with Crippen LogP contribution in [0.3, 0.4) is 0 Å². The highest BCUT2D eigenvalue weighted by atomic mass is 16.4. The Labute approximate surface area is 117 Å². The predicted octanol–water partition coefficient (Wildman–Crippen LogP) is 0.123. The Morgan fingerprint density at radius 1 is 1.65 bits per heavy atom. The third-order valence-electron chi connectivity index (χ3n) is 3.73. The molecule has 0 fully saturated rings. The number of nitrogens with one attached hydrogen (secondary N) is 1. The quantitative estimate of drug-likeness (QED) is 0.709. The smallest absolute Gasteiger partial charge is 0.326 e. The first-order valence-electron chi connectivity index (χ1n) is 6.79. The summed E-state index contributed by atoms with van der Waals surface area (Å²) < 4.78 is 0. The summed E-state index contributed by atoms with van der Waals surface area (Å²) in [4.78, 5) is 32.3. The monoisotopic (exact) mass is 280 g/mol. The van der Waals surface area contributed by atoms with Crippen LogP contribution in [-0.2, 0) is 22.6 Å². The van der Waals surface area contributed by atoms with E-state index in [-0.39, 0.29) is 24.8 Å². The average molecular weight is 280 g/mol. The second kappa shape index (κ2) is 6.04. The molecule has 1 amide bonds. The number of hydrogen-bond acceptors (Lipinski definition) is 4. The Morgan fingerprint density at radius 3 is 3.05 bits per heavy atom. The number of aliphatic carboxylic acids is 1. The van der Waals surface area contributed by atoms with Gasteiger partial charge in [-0.1, -0.05) is 6.92 Å². The zero-order chi connectivity index (χ0) is 14.7. The molecule has 1 aromatic heterocycles. The maximum atomic E-state index is 12.4. The highest BCUT2D eigenvalue weighted by Crippen LogP contribution is 2.23. The second-order valence-corrected chi connectivity index (χ2v) is 5.18. The van der Waals surface area contributed by atoms with Crippen LogP contribution in [0.2, 0.25) is 0 Å². The van der Waals surface area contributed by atoms with Crippen LogP contribution in [0.5, 0.6) is 0 Å². The SMILES string of the molecule is CC(CCCN)C(=O)N1Cc2[nH]cnc2CC1C(=O)O. The maximum absolute atomic E-state index is 12.4. The zero-order valence-electron chi connectivity index (χ0n) is 11.5. The number of fused-ring (bicyclic) bond motifs is 1.